The van der Waals surface area contributed by atoms with Crippen molar-refractivity contribution in [2.24, 2.45) is 11.8 Å². The normalized spacial score (nSPS) is 25.7. The Bertz CT molecular complexity index is 403. The van der Waals surface area contributed by atoms with Crippen LogP contribution in [0.5, 0.6) is 0 Å². The first-order chi connectivity index (χ1) is 9.40. The predicted octanol–water partition coefficient (Wildman–Crippen LogP) is 3.52. The number of hydrogen-bond acceptors (Lipinski definition) is 3. The number of carboxylic acids is 1. The Kier molecular flexibility index (Phi) is 4.96. The largest absolute Gasteiger partial charge is 0.479 e. The lowest BCUT2D eigenvalue weighted by Gasteiger charge is -2.53. The summed E-state index contributed by atoms with van der Waals surface area (Å²) in [6.07, 6.45) is 0.455. The molecule has 122 valence electrons. The molecular formula is C16H29NO4. The highest BCUT2D eigenvalue weighted by molar-refractivity contribution is 5.86. The zero-order valence-electron chi connectivity index (χ0n) is 14.3. The summed E-state index contributed by atoms with van der Waals surface area (Å²) < 4.78 is 5.41. The monoisotopic (exact) mass is 299 g/mol. The molecule has 0 heterocycles. The predicted molar refractivity (Wildman–Crippen MR) is 81.1 cm³/mol. The Hall–Kier alpha value is -1.26. The van der Waals surface area contributed by atoms with Crippen molar-refractivity contribution in [3.05, 3.63) is 0 Å². The molecule has 0 unspecified atom stereocenters. The zero-order valence-corrected chi connectivity index (χ0v) is 14.3. The first-order valence-electron chi connectivity index (χ1n) is 7.66. The SMILES string of the molecule is CC(C)C1CC(C(=O)O)(N(C(=O)OC(C)(C)C)C(C)C)C1. The number of nitrogens with zero attached hydrogens (tertiary/aromatic N) is 1. The van der Waals surface area contributed by atoms with Crippen LogP contribution in [0.3, 0.4) is 0 Å². The fourth-order valence-electron chi connectivity index (χ4n) is 2.94. The Morgan fingerprint density at radius 1 is 1.19 bits per heavy atom. The average Bonchev–Trinajstić information content (AvgIpc) is 2.17. The topological polar surface area (TPSA) is 66.8 Å². The van der Waals surface area contributed by atoms with Crippen molar-refractivity contribution in [2.45, 2.75) is 78.5 Å². The third-order valence-electron chi connectivity index (χ3n) is 4.11. The van der Waals surface area contributed by atoms with Crippen LogP contribution in [0.4, 0.5) is 4.79 Å². The van der Waals surface area contributed by atoms with Gasteiger partial charge in [0.05, 0.1) is 0 Å². The van der Waals surface area contributed by atoms with Gasteiger partial charge in [-0.2, -0.15) is 0 Å². The summed E-state index contributed by atoms with van der Waals surface area (Å²) in [6, 6.07) is -0.218. The van der Waals surface area contributed by atoms with Crippen LogP contribution in [0.2, 0.25) is 0 Å². The summed E-state index contributed by atoms with van der Waals surface area (Å²) in [7, 11) is 0. The minimum Gasteiger partial charge on any atom is -0.479 e. The summed E-state index contributed by atoms with van der Waals surface area (Å²) in [5, 5.41) is 9.70. The lowest BCUT2D eigenvalue weighted by atomic mass is 9.63. The average molecular weight is 299 g/mol. The second-order valence-electron chi connectivity index (χ2n) is 7.69. The molecule has 0 bridgehead atoms. The molecule has 1 rings (SSSR count). The standard InChI is InChI=1S/C16H29NO4/c1-10(2)12-8-16(9-12,13(18)19)17(11(3)4)14(20)21-15(5,6)7/h10-12H,8-9H2,1-7H3,(H,18,19). The van der Waals surface area contributed by atoms with Gasteiger partial charge in [-0.3, -0.25) is 4.90 Å². The van der Waals surface area contributed by atoms with E-state index in [0.717, 1.165) is 0 Å². The van der Waals surface area contributed by atoms with E-state index in [0.29, 0.717) is 24.7 Å². The van der Waals surface area contributed by atoms with Crippen LogP contribution in [0.25, 0.3) is 0 Å². The number of amides is 1. The zero-order chi connectivity index (χ0) is 16.6. The summed E-state index contributed by atoms with van der Waals surface area (Å²) in [4.78, 5) is 25.7. The molecule has 0 atom stereocenters. The lowest BCUT2D eigenvalue weighted by molar-refractivity contribution is -0.165. The van der Waals surface area contributed by atoms with Crippen molar-refractivity contribution in [3.8, 4) is 0 Å². The van der Waals surface area contributed by atoms with Crippen LogP contribution in [-0.4, -0.2) is 39.3 Å². The van der Waals surface area contributed by atoms with Gasteiger partial charge in [0.2, 0.25) is 0 Å². The van der Waals surface area contributed by atoms with Crippen molar-refractivity contribution in [1.29, 1.82) is 0 Å². The van der Waals surface area contributed by atoms with Crippen molar-refractivity contribution in [1.82, 2.24) is 4.90 Å². The second-order valence-corrected chi connectivity index (χ2v) is 7.69. The van der Waals surface area contributed by atoms with E-state index in [4.69, 9.17) is 4.74 Å². The number of hydrogen-bond donors (Lipinski definition) is 1. The van der Waals surface area contributed by atoms with Gasteiger partial charge in [0.25, 0.3) is 0 Å². The molecule has 0 radical (unpaired) electrons. The maximum absolute atomic E-state index is 12.5. The van der Waals surface area contributed by atoms with Gasteiger partial charge >= 0.3 is 12.1 Å². The fraction of sp³-hybridized carbons (Fsp3) is 0.875. The molecule has 1 aliphatic rings. The molecule has 1 aliphatic carbocycles. The first-order valence-corrected chi connectivity index (χ1v) is 7.66. The third-order valence-corrected chi connectivity index (χ3v) is 4.11. The molecule has 1 fully saturated rings. The van der Waals surface area contributed by atoms with Crippen LogP contribution in [0.15, 0.2) is 0 Å². The Morgan fingerprint density at radius 3 is 1.95 bits per heavy atom. The summed E-state index contributed by atoms with van der Waals surface area (Å²) >= 11 is 0. The van der Waals surface area contributed by atoms with Gasteiger partial charge in [-0.1, -0.05) is 13.8 Å². The molecule has 1 saturated carbocycles. The summed E-state index contributed by atoms with van der Waals surface area (Å²) in [5.74, 6) is -0.172. The van der Waals surface area contributed by atoms with Gasteiger partial charge < -0.3 is 9.84 Å². The van der Waals surface area contributed by atoms with Crippen LogP contribution < -0.4 is 0 Å². The smallest absolute Gasteiger partial charge is 0.411 e. The molecule has 5 nitrogen and oxygen atoms in total. The van der Waals surface area contributed by atoms with Crippen LogP contribution in [-0.2, 0) is 9.53 Å². The number of ether oxygens (including phenoxy) is 1. The molecule has 0 aliphatic heterocycles. The third kappa shape index (κ3) is 3.69. The molecule has 0 aromatic carbocycles. The minimum atomic E-state index is -1.12. The number of carbonyl (C=O) groups is 2. The van der Waals surface area contributed by atoms with Crippen molar-refractivity contribution in [3.63, 3.8) is 0 Å². The Labute approximate surface area is 127 Å². The van der Waals surface area contributed by atoms with Crippen LogP contribution in [0, 0.1) is 11.8 Å². The Morgan fingerprint density at radius 2 is 1.67 bits per heavy atom. The molecule has 0 saturated heterocycles. The highest BCUT2D eigenvalue weighted by Gasteiger charge is 2.58. The second kappa shape index (κ2) is 5.85. The van der Waals surface area contributed by atoms with Gasteiger partial charge in [-0.15, -0.1) is 0 Å². The highest BCUT2D eigenvalue weighted by Crippen LogP contribution is 2.47. The summed E-state index contributed by atoms with van der Waals surface area (Å²) in [5.41, 5.74) is -1.75. The van der Waals surface area contributed by atoms with Gasteiger partial charge in [0.1, 0.15) is 11.1 Å². The quantitative estimate of drug-likeness (QED) is 0.862. The fourth-order valence-corrected chi connectivity index (χ4v) is 2.94. The van der Waals surface area contributed by atoms with Gasteiger partial charge in [-0.25, -0.2) is 9.59 Å². The minimum absolute atomic E-state index is 0.218. The van der Waals surface area contributed by atoms with Crippen molar-refractivity contribution >= 4 is 12.1 Å². The van der Waals surface area contributed by atoms with Crippen molar-refractivity contribution < 1.29 is 19.4 Å². The number of carbonyl (C=O) groups excluding carboxylic acids is 1. The van der Waals surface area contributed by atoms with Gasteiger partial charge in [-0.05, 0) is 59.3 Å². The lowest BCUT2D eigenvalue weighted by Crippen LogP contribution is -2.67. The summed E-state index contributed by atoms with van der Waals surface area (Å²) in [6.45, 7) is 13.2. The van der Waals surface area contributed by atoms with Crippen LogP contribution >= 0.6 is 0 Å². The van der Waals surface area contributed by atoms with Crippen molar-refractivity contribution in [2.75, 3.05) is 0 Å². The van der Waals surface area contributed by atoms with Gasteiger partial charge in [0, 0.05) is 6.04 Å². The molecule has 0 spiro atoms. The number of carboxylic acid groups (broad SMARTS) is 1. The van der Waals surface area contributed by atoms with Crippen LogP contribution in [0.1, 0.15) is 61.3 Å². The first kappa shape index (κ1) is 17.8. The van der Waals surface area contributed by atoms with E-state index in [-0.39, 0.29) is 6.04 Å². The molecule has 5 heteroatoms. The van der Waals surface area contributed by atoms with E-state index >= 15 is 0 Å². The molecule has 0 aromatic rings. The number of rotatable bonds is 4. The maximum Gasteiger partial charge on any atom is 0.411 e. The van der Waals surface area contributed by atoms with E-state index in [9.17, 15) is 14.7 Å². The van der Waals surface area contributed by atoms with Gasteiger partial charge in [0.15, 0.2) is 0 Å². The van der Waals surface area contributed by atoms with E-state index < -0.39 is 23.2 Å². The molecular weight excluding hydrogens is 270 g/mol. The molecule has 1 N–H and O–H groups in total. The van der Waals surface area contributed by atoms with E-state index in [1.807, 2.05) is 13.8 Å². The van der Waals surface area contributed by atoms with E-state index in [2.05, 4.69) is 13.8 Å². The number of aliphatic carboxylic acids is 1. The Balaban J connectivity index is 3.02. The maximum atomic E-state index is 12.5. The van der Waals surface area contributed by atoms with E-state index in [1.54, 1.807) is 20.8 Å². The highest BCUT2D eigenvalue weighted by atomic mass is 16.6. The molecule has 1 amide bonds. The molecule has 0 aromatic heterocycles. The van der Waals surface area contributed by atoms with E-state index in [1.165, 1.54) is 4.90 Å². The molecule has 21 heavy (non-hydrogen) atoms.